The second kappa shape index (κ2) is 4.93. The minimum Gasteiger partial charge on any atom is -0.271 e. The van der Waals surface area contributed by atoms with Gasteiger partial charge in [0, 0.05) is 12.4 Å². The van der Waals surface area contributed by atoms with E-state index in [4.69, 9.17) is 5.84 Å². The highest BCUT2D eigenvalue weighted by Crippen LogP contribution is 2.44. The molecule has 0 bridgehead atoms. The molecule has 3 N–H and O–H groups in total. The smallest absolute Gasteiger partial charge is 0.0528 e. The Morgan fingerprint density at radius 3 is 2.69 bits per heavy atom. The fourth-order valence-corrected chi connectivity index (χ4v) is 2.89. The maximum atomic E-state index is 5.74. The summed E-state index contributed by atoms with van der Waals surface area (Å²) in [5.41, 5.74) is 4.47. The highest BCUT2D eigenvalue weighted by Gasteiger charge is 2.35. The SMILES string of the molecule is CC1(C(NN)c2cccnc2)CCCCC1. The molecule has 0 spiro atoms. The van der Waals surface area contributed by atoms with Crippen LogP contribution in [0.5, 0.6) is 0 Å². The van der Waals surface area contributed by atoms with Crippen LogP contribution in [0.4, 0.5) is 0 Å². The van der Waals surface area contributed by atoms with Gasteiger partial charge in [0.15, 0.2) is 0 Å². The van der Waals surface area contributed by atoms with Gasteiger partial charge in [0.25, 0.3) is 0 Å². The van der Waals surface area contributed by atoms with E-state index >= 15 is 0 Å². The molecule has 0 aliphatic heterocycles. The molecule has 16 heavy (non-hydrogen) atoms. The quantitative estimate of drug-likeness (QED) is 0.607. The Bertz CT molecular complexity index is 317. The van der Waals surface area contributed by atoms with E-state index in [1.165, 1.54) is 37.7 Å². The topological polar surface area (TPSA) is 50.9 Å². The van der Waals surface area contributed by atoms with Crippen molar-refractivity contribution in [1.82, 2.24) is 10.4 Å². The molecule has 0 saturated heterocycles. The van der Waals surface area contributed by atoms with Crippen molar-refractivity contribution < 1.29 is 0 Å². The van der Waals surface area contributed by atoms with Crippen LogP contribution in [0.25, 0.3) is 0 Å². The van der Waals surface area contributed by atoms with Crippen molar-refractivity contribution in [2.75, 3.05) is 0 Å². The summed E-state index contributed by atoms with van der Waals surface area (Å²) >= 11 is 0. The summed E-state index contributed by atoms with van der Waals surface area (Å²) in [5, 5.41) is 0. The predicted molar refractivity (Wildman–Crippen MR) is 65.5 cm³/mol. The van der Waals surface area contributed by atoms with Crippen molar-refractivity contribution >= 4 is 0 Å². The Labute approximate surface area is 97.4 Å². The van der Waals surface area contributed by atoms with Gasteiger partial charge < -0.3 is 0 Å². The molecule has 1 saturated carbocycles. The zero-order valence-corrected chi connectivity index (χ0v) is 9.95. The second-order valence-corrected chi connectivity index (χ2v) is 5.10. The number of nitrogens with two attached hydrogens (primary N) is 1. The molecule has 1 atom stereocenters. The van der Waals surface area contributed by atoms with Crippen molar-refractivity contribution in [3.8, 4) is 0 Å². The van der Waals surface area contributed by atoms with Crippen LogP contribution in [0.2, 0.25) is 0 Å². The van der Waals surface area contributed by atoms with Crippen molar-refractivity contribution in [3.63, 3.8) is 0 Å². The number of hydrogen-bond donors (Lipinski definition) is 2. The van der Waals surface area contributed by atoms with Gasteiger partial charge in [-0.1, -0.05) is 32.3 Å². The molecule has 1 heterocycles. The summed E-state index contributed by atoms with van der Waals surface area (Å²) in [7, 11) is 0. The monoisotopic (exact) mass is 219 g/mol. The Morgan fingerprint density at radius 2 is 2.12 bits per heavy atom. The lowest BCUT2D eigenvalue weighted by Crippen LogP contribution is -2.41. The molecule has 1 aliphatic rings. The first-order chi connectivity index (χ1) is 7.76. The molecule has 1 aromatic rings. The van der Waals surface area contributed by atoms with Gasteiger partial charge in [-0.15, -0.1) is 0 Å². The number of nitrogens with zero attached hydrogens (tertiary/aromatic N) is 1. The molecule has 3 heteroatoms. The van der Waals surface area contributed by atoms with E-state index in [1.807, 2.05) is 12.3 Å². The van der Waals surface area contributed by atoms with Gasteiger partial charge in [0.05, 0.1) is 6.04 Å². The Balaban J connectivity index is 2.21. The number of rotatable bonds is 3. The largest absolute Gasteiger partial charge is 0.271 e. The third-order valence-corrected chi connectivity index (χ3v) is 3.88. The van der Waals surface area contributed by atoms with Gasteiger partial charge in [-0.25, -0.2) is 0 Å². The summed E-state index contributed by atoms with van der Waals surface area (Å²) in [6.45, 7) is 2.34. The van der Waals surface area contributed by atoms with Crippen LogP contribution in [0.3, 0.4) is 0 Å². The van der Waals surface area contributed by atoms with Crippen molar-refractivity contribution in [3.05, 3.63) is 30.1 Å². The Hall–Kier alpha value is -0.930. The average Bonchev–Trinajstić information content (AvgIpc) is 2.32. The van der Waals surface area contributed by atoms with E-state index < -0.39 is 0 Å². The van der Waals surface area contributed by atoms with Crippen LogP contribution < -0.4 is 11.3 Å². The number of aromatic nitrogens is 1. The average molecular weight is 219 g/mol. The molecule has 1 unspecified atom stereocenters. The zero-order chi connectivity index (χ0) is 11.4. The van der Waals surface area contributed by atoms with E-state index in [0.29, 0.717) is 0 Å². The molecule has 3 nitrogen and oxygen atoms in total. The number of nitrogens with one attached hydrogen (secondary N) is 1. The highest BCUT2D eigenvalue weighted by atomic mass is 15.2. The minimum absolute atomic E-state index is 0.224. The third kappa shape index (κ3) is 2.25. The lowest BCUT2D eigenvalue weighted by molar-refractivity contribution is 0.145. The molecule has 0 aromatic carbocycles. The number of hydrogen-bond acceptors (Lipinski definition) is 3. The molecular weight excluding hydrogens is 198 g/mol. The maximum absolute atomic E-state index is 5.74. The van der Waals surface area contributed by atoms with E-state index in [2.05, 4.69) is 23.4 Å². The van der Waals surface area contributed by atoms with Gasteiger partial charge >= 0.3 is 0 Å². The van der Waals surface area contributed by atoms with Gasteiger partial charge in [-0.2, -0.15) is 0 Å². The zero-order valence-electron chi connectivity index (χ0n) is 9.95. The van der Waals surface area contributed by atoms with Crippen LogP contribution in [0.1, 0.15) is 50.6 Å². The van der Waals surface area contributed by atoms with Crippen LogP contribution >= 0.6 is 0 Å². The molecule has 2 rings (SSSR count). The first-order valence-electron chi connectivity index (χ1n) is 6.12. The second-order valence-electron chi connectivity index (χ2n) is 5.10. The van der Waals surface area contributed by atoms with Crippen molar-refractivity contribution in [2.45, 2.75) is 45.1 Å². The summed E-state index contributed by atoms with van der Waals surface area (Å²) in [4.78, 5) is 4.18. The molecule has 88 valence electrons. The van der Waals surface area contributed by atoms with Gasteiger partial charge in [0.2, 0.25) is 0 Å². The number of hydrazine groups is 1. The maximum Gasteiger partial charge on any atom is 0.0528 e. The molecule has 0 radical (unpaired) electrons. The van der Waals surface area contributed by atoms with Crippen LogP contribution in [0, 0.1) is 5.41 Å². The lowest BCUT2D eigenvalue weighted by atomic mass is 9.69. The van der Waals surface area contributed by atoms with Crippen molar-refractivity contribution in [1.29, 1.82) is 0 Å². The molecule has 0 amide bonds. The van der Waals surface area contributed by atoms with E-state index in [-0.39, 0.29) is 11.5 Å². The minimum atomic E-state index is 0.224. The fraction of sp³-hybridized carbons (Fsp3) is 0.615. The third-order valence-electron chi connectivity index (χ3n) is 3.88. The molecular formula is C13H21N3. The molecule has 1 fully saturated rings. The van der Waals surface area contributed by atoms with Gasteiger partial charge in [-0.05, 0) is 29.9 Å². The van der Waals surface area contributed by atoms with Crippen LogP contribution in [0.15, 0.2) is 24.5 Å². The first-order valence-corrected chi connectivity index (χ1v) is 6.12. The molecule has 1 aliphatic carbocycles. The normalized spacial score (nSPS) is 21.6. The Morgan fingerprint density at radius 1 is 1.38 bits per heavy atom. The molecule has 1 aromatic heterocycles. The van der Waals surface area contributed by atoms with E-state index in [1.54, 1.807) is 6.20 Å². The number of pyridine rings is 1. The van der Waals surface area contributed by atoms with Crippen LogP contribution in [-0.4, -0.2) is 4.98 Å². The lowest BCUT2D eigenvalue weighted by Gasteiger charge is -2.40. The van der Waals surface area contributed by atoms with Crippen LogP contribution in [-0.2, 0) is 0 Å². The van der Waals surface area contributed by atoms with Crippen molar-refractivity contribution in [2.24, 2.45) is 11.3 Å². The Kier molecular flexibility index (Phi) is 3.56. The highest BCUT2D eigenvalue weighted by molar-refractivity contribution is 5.17. The summed E-state index contributed by atoms with van der Waals surface area (Å²) in [5.74, 6) is 5.74. The standard InChI is InChI=1S/C13H21N3/c1-13(7-3-2-4-8-13)12(16-14)11-6-5-9-15-10-11/h5-6,9-10,12,16H,2-4,7-8,14H2,1H3. The first kappa shape index (κ1) is 11.6. The van der Waals surface area contributed by atoms with Gasteiger partial charge in [0.1, 0.15) is 0 Å². The summed E-state index contributed by atoms with van der Waals surface area (Å²) in [6.07, 6.45) is 10.2. The fourth-order valence-electron chi connectivity index (χ4n) is 2.89. The predicted octanol–water partition coefficient (Wildman–Crippen LogP) is 2.56. The summed E-state index contributed by atoms with van der Waals surface area (Å²) in [6, 6.07) is 4.31. The summed E-state index contributed by atoms with van der Waals surface area (Å²) < 4.78 is 0. The van der Waals surface area contributed by atoms with Gasteiger partial charge in [-0.3, -0.25) is 16.3 Å². The van der Waals surface area contributed by atoms with E-state index in [0.717, 1.165) is 0 Å². The van der Waals surface area contributed by atoms with E-state index in [9.17, 15) is 0 Å².